The number of hydrogen-bond acceptors (Lipinski definition) is 3. The molecule has 0 aliphatic carbocycles. The number of aliphatic imine (C=N–C) groups is 1. The predicted molar refractivity (Wildman–Crippen MR) is 72.6 cm³/mol. The second-order valence-electron chi connectivity index (χ2n) is 5.44. The zero-order chi connectivity index (χ0) is 14.2. The minimum atomic E-state index is -0.757. The van der Waals surface area contributed by atoms with Crippen LogP contribution in [-0.2, 0) is 9.53 Å². The largest absolute Gasteiger partial charge is 0.442 e. The first-order valence-electron chi connectivity index (χ1n) is 6.00. The fraction of sp³-hybridized carbons (Fsp3) is 0.357. The molecule has 100 valence electrons. The van der Waals surface area contributed by atoms with Crippen LogP contribution in [0.25, 0.3) is 0 Å². The summed E-state index contributed by atoms with van der Waals surface area (Å²) in [5.74, 6) is -0.383. The molecule has 1 N–H and O–H groups in total. The van der Waals surface area contributed by atoms with E-state index in [9.17, 15) is 9.59 Å². The number of amides is 2. The predicted octanol–water partition coefficient (Wildman–Crippen LogP) is 2.67. The summed E-state index contributed by atoms with van der Waals surface area (Å²) in [6.07, 6.45) is -0.757. The monoisotopic (exact) mass is 260 g/mol. The Morgan fingerprint density at radius 1 is 1.32 bits per heavy atom. The minimum Gasteiger partial charge on any atom is -0.442 e. The van der Waals surface area contributed by atoms with Crippen molar-refractivity contribution in [3.05, 3.63) is 29.3 Å². The normalized spacial score (nSPS) is 16.2. The van der Waals surface area contributed by atoms with Crippen LogP contribution in [0, 0.1) is 6.92 Å². The molecule has 0 radical (unpaired) electrons. The molecule has 0 saturated carbocycles. The number of hydrogen-bond donors (Lipinski definition) is 1. The second-order valence-corrected chi connectivity index (χ2v) is 5.44. The molecule has 0 aromatic heterocycles. The second kappa shape index (κ2) is 4.50. The molecule has 2 rings (SSSR count). The van der Waals surface area contributed by atoms with Crippen LogP contribution in [0.4, 0.5) is 10.5 Å². The van der Waals surface area contributed by atoms with Crippen LogP contribution in [0.15, 0.2) is 23.2 Å². The van der Waals surface area contributed by atoms with E-state index in [1.165, 1.54) is 0 Å². The smallest absolute Gasteiger partial charge is 0.434 e. The van der Waals surface area contributed by atoms with Crippen molar-refractivity contribution in [3.8, 4) is 0 Å². The highest BCUT2D eigenvalue weighted by Crippen LogP contribution is 2.24. The first-order valence-corrected chi connectivity index (χ1v) is 6.00. The third-order valence-electron chi connectivity index (χ3n) is 2.49. The molecule has 1 aliphatic heterocycles. The van der Waals surface area contributed by atoms with Crippen molar-refractivity contribution in [2.24, 2.45) is 4.99 Å². The highest BCUT2D eigenvalue weighted by Gasteiger charge is 2.28. The van der Waals surface area contributed by atoms with Crippen LogP contribution in [0.3, 0.4) is 0 Å². The SMILES string of the molecule is Cc1ccc2c(c1)C(=NC(=O)OC(C)(C)C)C(=O)N2. The molecule has 19 heavy (non-hydrogen) atoms. The summed E-state index contributed by atoms with van der Waals surface area (Å²) < 4.78 is 5.09. The molecule has 2 amide bonds. The maximum Gasteiger partial charge on any atom is 0.434 e. The number of rotatable bonds is 0. The van der Waals surface area contributed by atoms with Gasteiger partial charge in [0.25, 0.3) is 5.91 Å². The summed E-state index contributed by atoms with van der Waals surface area (Å²) in [5, 5.41) is 2.67. The van der Waals surface area contributed by atoms with Crippen LogP contribution >= 0.6 is 0 Å². The van der Waals surface area contributed by atoms with Gasteiger partial charge in [0.05, 0.1) is 5.69 Å². The molecule has 0 atom stereocenters. The molecular weight excluding hydrogens is 244 g/mol. The molecule has 1 aromatic rings. The third kappa shape index (κ3) is 2.99. The fourth-order valence-corrected chi connectivity index (χ4v) is 1.75. The van der Waals surface area contributed by atoms with Gasteiger partial charge in [-0.15, -0.1) is 0 Å². The Morgan fingerprint density at radius 2 is 2.00 bits per heavy atom. The van der Waals surface area contributed by atoms with E-state index in [0.29, 0.717) is 11.3 Å². The average molecular weight is 260 g/mol. The van der Waals surface area contributed by atoms with Crippen molar-refractivity contribution < 1.29 is 14.3 Å². The summed E-state index contributed by atoms with van der Waals surface area (Å²) in [6.45, 7) is 7.15. The Morgan fingerprint density at radius 3 is 2.63 bits per heavy atom. The van der Waals surface area contributed by atoms with E-state index in [1.807, 2.05) is 19.1 Å². The van der Waals surface area contributed by atoms with E-state index in [2.05, 4.69) is 10.3 Å². The molecule has 1 aromatic carbocycles. The molecule has 0 fully saturated rings. The summed E-state index contributed by atoms with van der Waals surface area (Å²) in [7, 11) is 0. The first kappa shape index (κ1) is 13.3. The summed E-state index contributed by atoms with van der Waals surface area (Å²) in [4.78, 5) is 27.2. The van der Waals surface area contributed by atoms with Gasteiger partial charge in [-0.25, -0.2) is 4.79 Å². The van der Waals surface area contributed by atoms with Gasteiger partial charge in [-0.2, -0.15) is 4.99 Å². The Kier molecular flexibility index (Phi) is 3.14. The quantitative estimate of drug-likeness (QED) is 0.779. The number of carbonyl (C=O) groups is 2. The van der Waals surface area contributed by atoms with E-state index in [0.717, 1.165) is 5.56 Å². The molecular formula is C14H16N2O3. The number of anilines is 1. The number of nitrogens with one attached hydrogen (secondary N) is 1. The van der Waals surface area contributed by atoms with E-state index in [-0.39, 0.29) is 11.6 Å². The van der Waals surface area contributed by atoms with Gasteiger partial charge < -0.3 is 10.1 Å². The van der Waals surface area contributed by atoms with Crippen molar-refractivity contribution in [1.29, 1.82) is 0 Å². The lowest BCUT2D eigenvalue weighted by Crippen LogP contribution is -2.24. The molecule has 0 bridgehead atoms. The topological polar surface area (TPSA) is 67.8 Å². The minimum absolute atomic E-state index is 0.105. The van der Waals surface area contributed by atoms with E-state index in [4.69, 9.17) is 4.74 Å². The molecule has 5 nitrogen and oxygen atoms in total. The van der Waals surface area contributed by atoms with E-state index < -0.39 is 11.7 Å². The number of carbonyl (C=O) groups excluding carboxylic acids is 2. The molecule has 1 heterocycles. The standard InChI is InChI=1S/C14H16N2O3/c1-8-5-6-10-9(7-8)11(12(17)15-10)16-13(18)19-14(2,3)4/h5-7H,1-4H3,(H,15,16,17,18). The molecule has 1 aliphatic rings. The van der Waals surface area contributed by atoms with Crippen molar-refractivity contribution in [2.75, 3.05) is 5.32 Å². The van der Waals surface area contributed by atoms with Crippen LogP contribution in [0.5, 0.6) is 0 Å². The number of fused-ring (bicyclic) bond motifs is 1. The van der Waals surface area contributed by atoms with Gasteiger partial charge in [0.1, 0.15) is 11.3 Å². The fourth-order valence-electron chi connectivity index (χ4n) is 1.75. The Labute approximate surface area is 111 Å². The van der Waals surface area contributed by atoms with E-state index in [1.54, 1.807) is 26.8 Å². The lowest BCUT2D eigenvalue weighted by Gasteiger charge is -2.17. The highest BCUT2D eigenvalue weighted by molar-refractivity contribution is 6.54. The van der Waals surface area contributed by atoms with Crippen LogP contribution in [0.1, 0.15) is 31.9 Å². The summed E-state index contributed by atoms with van der Waals surface area (Å²) in [6, 6.07) is 5.49. The Bertz CT molecular complexity index is 583. The zero-order valence-corrected chi connectivity index (χ0v) is 11.4. The number of aryl methyl sites for hydroxylation is 1. The average Bonchev–Trinajstić information content (AvgIpc) is 2.53. The number of nitrogens with zero attached hydrogens (tertiary/aromatic N) is 1. The lowest BCUT2D eigenvalue weighted by atomic mass is 10.1. The van der Waals surface area contributed by atoms with Crippen LogP contribution < -0.4 is 5.32 Å². The van der Waals surface area contributed by atoms with Gasteiger partial charge in [-0.3, -0.25) is 4.79 Å². The first-order chi connectivity index (χ1) is 8.76. The van der Waals surface area contributed by atoms with Gasteiger partial charge >= 0.3 is 6.09 Å². The molecule has 0 unspecified atom stereocenters. The third-order valence-corrected chi connectivity index (χ3v) is 2.49. The van der Waals surface area contributed by atoms with Crippen LogP contribution in [0.2, 0.25) is 0 Å². The van der Waals surface area contributed by atoms with Gasteiger partial charge in [-0.05, 0) is 39.8 Å². The van der Waals surface area contributed by atoms with Gasteiger partial charge in [0.2, 0.25) is 0 Å². The van der Waals surface area contributed by atoms with Crippen LogP contribution in [-0.4, -0.2) is 23.3 Å². The van der Waals surface area contributed by atoms with Crippen molar-refractivity contribution in [2.45, 2.75) is 33.3 Å². The summed E-state index contributed by atoms with van der Waals surface area (Å²) >= 11 is 0. The molecule has 0 saturated heterocycles. The number of benzene rings is 1. The maximum atomic E-state index is 11.8. The van der Waals surface area contributed by atoms with Gasteiger partial charge in [-0.1, -0.05) is 11.6 Å². The van der Waals surface area contributed by atoms with Crippen molar-refractivity contribution in [1.82, 2.24) is 0 Å². The highest BCUT2D eigenvalue weighted by atomic mass is 16.6. The Balaban J connectivity index is 2.34. The molecule has 5 heteroatoms. The zero-order valence-electron chi connectivity index (χ0n) is 11.4. The van der Waals surface area contributed by atoms with Gasteiger partial charge in [0.15, 0.2) is 0 Å². The van der Waals surface area contributed by atoms with Gasteiger partial charge in [0, 0.05) is 5.56 Å². The van der Waals surface area contributed by atoms with Crippen molar-refractivity contribution >= 4 is 23.4 Å². The molecule has 0 spiro atoms. The lowest BCUT2D eigenvalue weighted by molar-refractivity contribution is -0.110. The maximum absolute atomic E-state index is 11.8. The Hall–Kier alpha value is -2.17. The summed E-state index contributed by atoms with van der Waals surface area (Å²) in [5.41, 5.74) is 1.76. The van der Waals surface area contributed by atoms with E-state index >= 15 is 0 Å². The van der Waals surface area contributed by atoms with Crippen molar-refractivity contribution in [3.63, 3.8) is 0 Å². The number of ether oxygens (including phenoxy) is 1.